The molecule has 1 saturated heterocycles. The second-order valence-corrected chi connectivity index (χ2v) is 13.8. The number of rotatable bonds is 12. The fraction of sp³-hybridized carbons (Fsp3) is 0.459. The third-order valence-electron chi connectivity index (χ3n) is 10.3. The van der Waals surface area contributed by atoms with Crippen molar-refractivity contribution in [1.82, 2.24) is 10.3 Å². The number of hydrogen-bond acceptors (Lipinski definition) is 15. The molecule has 2 aromatic rings. The zero-order chi connectivity index (χ0) is 39.1. The lowest BCUT2D eigenvalue weighted by atomic mass is 9.71. The van der Waals surface area contributed by atoms with E-state index < -0.39 is 108 Å². The number of imide groups is 1. The van der Waals surface area contributed by atoms with Gasteiger partial charge < -0.3 is 45.5 Å². The number of fused-ring (bicyclic) bond motifs is 3. The van der Waals surface area contributed by atoms with Crippen LogP contribution in [0.4, 0.5) is 0 Å². The number of aliphatic hydroxyl groups excluding tert-OH is 2. The summed E-state index contributed by atoms with van der Waals surface area (Å²) in [7, 11) is 1.32. The van der Waals surface area contributed by atoms with Crippen LogP contribution in [0.15, 0.2) is 35.5 Å². The second kappa shape index (κ2) is 15.4. The number of amides is 3. The number of nitrogens with one attached hydrogen (secondary N) is 1. The summed E-state index contributed by atoms with van der Waals surface area (Å²) in [5.41, 5.74) is 4.46. The lowest BCUT2D eigenvalue weighted by Gasteiger charge is -2.43. The van der Waals surface area contributed by atoms with Crippen LogP contribution < -0.4 is 15.9 Å². The molecule has 2 aliphatic heterocycles. The van der Waals surface area contributed by atoms with Gasteiger partial charge in [-0.05, 0) is 25.8 Å². The summed E-state index contributed by atoms with van der Waals surface area (Å²) in [5.74, 6) is -4.25. The first-order valence-electron chi connectivity index (χ1n) is 17.5. The number of ketones is 2. The third-order valence-corrected chi connectivity index (χ3v) is 10.3. The number of phenols is 2. The van der Waals surface area contributed by atoms with Gasteiger partial charge in [0.1, 0.15) is 22.8 Å². The number of aliphatic hydroxyl groups is 3. The van der Waals surface area contributed by atoms with Gasteiger partial charge >= 0.3 is 0 Å². The maximum absolute atomic E-state index is 14.0. The molecule has 2 heterocycles. The Morgan fingerprint density at radius 3 is 2.43 bits per heavy atom. The molecule has 0 aromatic heterocycles. The van der Waals surface area contributed by atoms with Gasteiger partial charge in [0.2, 0.25) is 11.7 Å². The Balaban J connectivity index is 1.29. The molecule has 0 spiro atoms. The quantitative estimate of drug-likeness (QED) is 0.0434. The summed E-state index contributed by atoms with van der Waals surface area (Å²) in [6.45, 7) is 0.910. The van der Waals surface area contributed by atoms with E-state index in [1.54, 1.807) is 6.92 Å². The van der Waals surface area contributed by atoms with Crippen LogP contribution in [0.1, 0.15) is 94.5 Å². The lowest BCUT2D eigenvalue weighted by Crippen LogP contribution is -2.53. The van der Waals surface area contributed by atoms with Gasteiger partial charge in [-0.15, -0.1) is 0 Å². The highest BCUT2D eigenvalue weighted by molar-refractivity contribution is 6.31. The molecule has 2 aliphatic carbocycles. The molecule has 3 amide bonds. The first-order valence-corrected chi connectivity index (χ1v) is 17.5. The monoisotopic (exact) mass is 750 g/mol. The summed E-state index contributed by atoms with van der Waals surface area (Å²) in [4.78, 5) is 65.1. The summed E-state index contributed by atoms with van der Waals surface area (Å²) in [6.07, 6.45) is -1.56. The molecule has 288 valence electrons. The van der Waals surface area contributed by atoms with E-state index in [1.165, 1.54) is 37.5 Å². The van der Waals surface area contributed by atoms with E-state index >= 15 is 0 Å². The SMILES string of the molecule is COc1cccc2c1C(=O)c1c(O)c3c(c(O)c1C2=O)C[C@](O)(/C(CO)=N/NC(=O)CCCCCN1C(=O)C=CC1=O)C[C@H]3O[C@H]1C[C@H](N)[C@H](O)[C@H](C)O1. The molecule has 0 saturated carbocycles. The van der Waals surface area contributed by atoms with Gasteiger partial charge in [0.05, 0.1) is 54.4 Å². The van der Waals surface area contributed by atoms with E-state index in [1.807, 2.05) is 0 Å². The van der Waals surface area contributed by atoms with E-state index in [4.69, 9.17) is 19.9 Å². The van der Waals surface area contributed by atoms with Crippen LogP contribution in [0.3, 0.4) is 0 Å². The van der Waals surface area contributed by atoms with Gasteiger partial charge in [-0.3, -0.25) is 28.9 Å². The van der Waals surface area contributed by atoms with Crippen LogP contribution >= 0.6 is 0 Å². The van der Waals surface area contributed by atoms with Crippen molar-refractivity contribution in [2.24, 2.45) is 10.8 Å². The van der Waals surface area contributed by atoms with Gasteiger partial charge in [-0.25, -0.2) is 5.43 Å². The molecule has 0 unspecified atom stereocenters. The van der Waals surface area contributed by atoms with Crippen molar-refractivity contribution in [1.29, 1.82) is 0 Å². The van der Waals surface area contributed by atoms with Crippen molar-refractivity contribution in [3.63, 3.8) is 0 Å². The summed E-state index contributed by atoms with van der Waals surface area (Å²) in [6, 6.07) is 3.57. The number of unbranched alkanes of at least 4 members (excludes halogenated alkanes) is 2. The lowest BCUT2D eigenvalue weighted by molar-refractivity contribution is -0.245. The molecular weight excluding hydrogens is 708 g/mol. The second-order valence-electron chi connectivity index (χ2n) is 13.8. The highest BCUT2D eigenvalue weighted by Crippen LogP contribution is 2.52. The smallest absolute Gasteiger partial charge is 0.253 e. The van der Waals surface area contributed by atoms with Crippen molar-refractivity contribution < 1.29 is 63.7 Å². The molecule has 0 radical (unpaired) electrons. The normalized spacial score (nSPS) is 26.4. The Labute approximate surface area is 309 Å². The van der Waals surface area contributed by atoms with Crippen molar-refractivity contribution in [3.8, 4) is 17.2 Å². The molecular formula is C37H42N4O13. The Kier molecular flexibility index (Phi) is 11.0. The van der Waals surface area contributed by atoms with Crippen molar-refractivity contribution >= 4 is 35.0 Å². The molecule has 0 bridgehead atoms. The molecule has 6 atom stereocenters. The van der Waals surface area contributed by atoms with E-state index in [0.717, 1.165) is 4.90 Å². The average Bonchev–Trinajstić information content (AvgIpc) is 3.46. The largest absolute Gasteiger partial charge is 0.507 e. The Hall–Kier alpha value is -5.04. The number of ether oxygens (including phenoxy) is 3. The fourth-order valence-corrected chi connectivity index (χ4v) is 7.47. The number of hydrazone groups is 1. The first kappa shape index (κ1) is 38.7. The highest BCUT2D eigenvalue weighted by atomic mass is 16.7. The van der Waals surface area contributed by atoms with Gasteiger partial charge in [0, 0.05) is 67.1 Å². The molecule has 2 aromatic carbocycles. The van der Waals surface area contributed by atoms with Crippen LogP contribution in [0.25, 0.3) is 0 Å². The summed E-state index contributed by atoms with van der Waals surface area (Å²) in [5, 5.41) is 60.5. The molecule has 17 nitrogen and oxygen atoms in total. The van der Waals surface area contributed by atoms with Crippen molar-refractivity contribution in [2.45, 2.75) is 88.1 Å². The number of methoxy groups -OCH3 is 1. The van der Waals surface area contributed by atoms with Crippen LogP contribution in [-0.2, 0) is 30.3 Å². The maximum Gasteiger partial charge on any atom is 0.253 e. The number of benzene rings is 2. The number of nitrogens with zero attached hydrogens (tertiary/aromatic N) is 2. The molecule has 8 N–H and O–H groups in total. The number of nitrogens with two attached hydrogens (primary N) is 1. The predicted octanol–water partition coefficient (Wildman–Crippen LogP) is 0.390. The number of carbonyl (C=O) groups is 5. The van der Waals surface area contributed by atoms with Gasteiger partial charge in [0.25, 0.3) is 11.8 Å². The van der Waals surface area contributed by atoms with Crippen LogP contribution in [0.5, 0.6) is 17.2 Å². The number of hydrogen-bond donors (Lipinski definition) is 7. The van der Waals surface area contributed by atoms with Crippen molar-refractivity contribution in [2.75, 3.05) is 20.3 Å². The van der Waals surface area contributed by atoms with Crippen LogP contribution in [0, 0.1) is 0 Å². The molecule has 54 heavy (non-hydrogen) atoms. The van der Waals surface area contributed by atoms with E-state index in [2.05, 4.69) is 10.5 Å². The zero-order valence-electron chi connectivity index (χ0n) is 29.6. The molecule has 6 rings (SSSR count). The predicted molar refractivity (Wildman–Crippen MR) is 187 cm³/mol. The minimum atomic E-state index is -2.16. The first-order chi connectivity index (χ1) is 25.7. The average molecular weight is 751 g/mol. The van der Waals surface area contributed by atoms with E-state index in [-0.39, 0.29) is 53.1 Å². The maximum atomic E-state index is 14.0. The summed E-state index contributed by atoms with van der Waals surface area (Å²) >= 11 is 0. The van der Waals surface area contributed by atoms with Gasteiger partial charge in [-0.1, -0.05) is 18.6 Å². The van der Waals surface area contributed by atoms with E-state index in [0.29, 0.717) is 19.3 Å². The summed E-state index contributed by atoms with van der Waals surface area (Å²) < 4.78 is 17.4. The molecule has 17 heteroatoms. The Bertz CT molecular complexity index is 1930. The minimum Gasteiger partial charge on any atom is -0.507 e. The number of phenolic OH excluding ortho intramolecular Hbond substituents is 2. The third kappa shape index (κ3) is 7.01. The van der Waals surface area contributed by atoms with E-state index in [9.17, 15) is 49.5 Å². The molecule has 4 aliphatic rings. The zero-order valence-corrected chi connectivity index (χ0v) is 29.6. The van der Waals surface area contributed by atoms with Crippen LogP contribution in [0.2, 0.25) is 0 Å². The van der Waals surface area contributed by atoms with Gasteiger partial charge in [-0.2, -0.15) is 5.10 Å². The minimum absolute atomic E-state index is 0.0120. The molecule has 1 fully saturated rings. The Morgan fingerprint density at radius 2 is 1.76 bits per heavy atom. The standard InChI is InChI=1S/C37H42N4O13/c1-17-32(46)20(38)13-27(53-17)54-22-15-37(51,23(16-42)39-40-24(43)9-4-3-5-12-41-25(44)10-11-26(41)45)14-19-29(22)36(50)31-30(34(19)48)33(47)18-7-6-8-21(52-2)28(18)35(31)49/h6-8,10-11,17,20,22,27,32,42,46,48,50-51H,3-5,9,12-16,38H2,1-2H3,(H,40,43)/b39-23+/t17-,20-,22+,27-,32+,37+/m0/s1. The fourth-order valence-electron chi connectivity index (χ4n) is 7.47. The van der Waals surface area contributed by atoms with Gasteiger partial charge in [0.15, 0.2) is 12.1 Å². The van der Waals surface area contributed by atoms with Crippen molar-refractivity contribution in [3.05, 3.63) is 63.7 Å². The van der Waals surface area contributed by atoms with Crippen LogP contribution in [-0.4, -0.2) is 116 Å². The number of aromatic hydroxyl groups is 2. The number of carbonyl (C=O) groups excluding carboxylic acids is 5. The topological polar surface area (TPSA) is 268 Å². The Morgan fingerprint density at radius 1 is 1.06 bits per heavy atom. The highest BCUT2D eigenvalue weighted by Gasteiger charge is 2.49.